The minimum atomic E-state index is -0.193. The first kappa shape index (κ1) is 18.1. The van der Waals surface area contributed by atoms with Crippen LogP contribution in [0.1, 0.15) is 18.1 Å². The maximum absolute atomic E-state index is 11.9. The fourth-order valence-corrected chi connectivity index (χ4v) is 2.99. The largest absolute Gasteiger partial charge is 0.355 e. The number of carbonyl (C=O) groups is 2. The summed E-state index contributed by atoms with van der Waals surface area (Å²) in [5.74, 6) is -0.170. The number of carbonyl (C=O) groups excluding carboxylic acids is 2. The smallest absolute Gasteiger partial charge is 0.239 e. The second-order valence-corrected chi connectivity index (χ2v) is 6.26. The molecular weight excluding hydrogens is 324 g/mol. The highest BCUT2D eigenvalue weighted by molar-refractivity contribution is 7.99. The summed E-state index contributed by atoms with van der Waals surface area (Å²) < 4.78 is 1.98. The van der Waals surface area contributed by atoms with Crippen molar-refractivity contribution < 1.29 is 9.59 Å². The molecule has 2 N–H and O–H groups in total. The molecule has 128 valence electrons. The number of amides is 2. The Hall–Kier alpha value is -2.28. The summed E-state index contributed by atoms with van der Waals surface area (Å²) in [5.41, 5.74) is 3.44. The van der Waals surface area contributed by atoms with E-state index in [1.807, 2.05) is 29.8 Å². The van der Waals surface area contributed by atoms with Crippen molar-refractivity contribution in [2.24, 2.45) is 0 Å². The number of nitrogens with zero attached hydrogens (tertiary/aromatic N) is 2. The van der Waals surface area contributed by atoms with Gasteiger partial charge in [0.1, 0.15) is 0 Å². The van der Waals surface area contributed by atoms with E-state index in [2.05, 4.69) is 35.5 Å². The summed E-state index contributed by atoms with van der Waals surface area (Å²) in [6.07, 6.45) is 3.60. The van der Waals surface area contributed by atoms with Gasteiger partial charge in [0.05, 0.1) is 18.0 Å². The molecule has 0 aliphatic rings. The van der Waals surface area contributed by atoms with Crippen molar-refractivity contribution in [1.82, 2.24) is 20.2 Å². The molecule has 0 radical (unpaired) electrons. The first-order valence-electron chi connectivity index (χ1n) is 7.79. The molecule has 0 spiro atoms. The van der Waals surface area contributed by atoms with E-state index in [9.17, 15) is 9.59 Å². The van der Waals surface area contributed by atoms with Crippen molar-refractivity contribution in [2.45, 2.75) is 25.9 Å². The highest BCUT2D eigenvalue weighted by Gasteiger charge is 2.11. The van der Waals surface area contributed by atoms with Gasteiger partial charge in [0.2, 0.25) is 11.8 Å². The quantitative estimate of drug-likeness (QED) is 0.750. The number of likely N-dealkylation sites (N-methyl/N-ethyl adjacent to an activating group) is 1. The van der Waals surface area contributed by atoms with Crippen molar-refractivity contribution in [3.05, 3.63) is 41.7 Å². The van der Waals surface area contributed by atoms with Crippen LogP contribution >= 0.6 is 11.8 Å². The Morgan fingerprint density at radius 3 is 2.75 bits per heavy atom. The molecule has 7 heteroatoms. The Kier molecular flexibility index (Phi) is 6.43. The molecule has 0 unspecified atom stereocenters. The van der Waals surface area contributed by atoms with E-state index in [1.54, 1.807) is 6.20 Å². The van der Waals surface area contributed by atoms with Crippen molar-refractivity contribution in [1.29, 1.82) is 0 Å². The summed E-state index contributed by atoms with van der Waals surface area (Å²) >= 11 is 1.34. The van der Waals surface area contributed by atoms with Gasteiger partial charge in [-0.1, -0.05) is 23.9 Å². The fourth-order valence-electron chi connectivity index (χ4n) is 2.20. The minimum Gasteiger partial charge on any atom is -0.355 e. The van der Waals surface area contributed by atoms with Crippen LogP contribution in [0.5, 0.6) is 0 Å². The molecule has 0 fully saturated rings. The molecule has 0 bridgehead atoms. The molecule has 1 aromatic carbocycles. The van der Waals surface area contributed by atoms with Crippen LogP contribution in [0.2, 0.25) is 0 Å². The van der Waals surface area contributed by atoms with E-state index in [4.69, 9.17) is 0 Å². The first-order valence-corrected chi connectivity index (χ1v) is 8.77. The number of rotatable bonds is 7. The van der Waals surface area contributed by atoms with Crippen LogP contribution in [0.3, 0.4) is 0 Å². The zero-order chi connectivity index (χ0) is 17.5. The van der Waals surface area contributed by atoms with E-state index in [1.165, 1.54) is 22.9 Å². The Morgan fingerprint density at radius 2 is 2.00 bits per heavy atom. The summed E-state index contributed by atoms with van der Waals surface area (Å²) in [5, 5.41) is 5.98. The molecular formula is C17H22N4O2S. The van der Waals surface area contributed by atoms with E-state index in [0.717, 1.165) is 10.8 Å². The van der Waals surface area contributed by atoms with Gasteiger partial charge in [0.25, 0.3) is 0 Å². The van der Waals surface area contributed by atoms with Crippen LogP contribution < -0.4 is 10.6 Å². The molecule has 2 aromatic rings. The molecule has 6 nitrogen and oxygen atoms in total. The van der Waals surface area contributed by atoms with E-state index >= 15 is 0 Å². The molecule has 1 aromatic heterocycles. The summed E-state index contributed by atoms with van der Waals surface area (Å²) in [7, 11) is 0. The molecule has 0 aliphatic carbocycles. The Balaban J connectivity index is 1.98. The number of aryl methyl sites for hydroxylation is 1. The molecule has 1 heterocycles. The van der Waals surface area contributed by atoms with E-state index in [-0.39, 0.29) is 24.1 Å². The van der Waals surface area contributed by atoms with Crippen molar-refractivity contribution in [2.75, 3.05) is 18.8 Å². The van der Waals surface area contributed by atoms with Gasteiger partial charge >= 0.3 is 0 Å². The van der Waals surface area contributed by atoms with Gasteiger partial charge in [-0.2, -0.15) is 0 Å². The lowest BCUT2D eigenvalue weighted by atomic mass is 10.1. The molecule has 24 heavy (non-hydrogen) atoms. The minimum absolute atomic E-state index is 0.00133. The number of benzene rings is 1. The van der Waals surface area contributed by atoms with Crippen LogP contribution in [0.25, 0.3) is 5.69 Å². The normalized spacial score (nSPS) is 10.5. The molecule has 0 aliphatic heterocycles. The third-order valence-electron chi connectivity index (χ3n) is 3.59. The standard InChI is InChI=1S/C17H22N4O2S/c1-4-18-15(22)10-20-16(23)11-24-17-19-8-9-21(17)14-7-5-6-12(2)13(14)3/h5-9H,4,10-11H2,1-3H3,(H,18,22)(H,20,23). The van der Waals surface area contributed by atoms with Crippen molar-refractivity contribution in [3.63, 3.8) is 0 Å². The van der Waals surface area contributed by atoms with Gasteiger partial charge in [-0.3, -0.25) is 14.2 Å². The predicted octanol–water partition coefficient (Wildman–Crippen LogP) is 1.83. The number of hydrogen-bond donors (Lipinski definition) is 2. The molecule has 0 saturated heterocycles. The van der Waals surface area contributed by atoms with E-state index < -0.39 is 0 Å². The highest BCUT2D eigenvalue weighted by atomic mass is 32.2. The zero-order valence-electron chi connectivity index (χ0n) is 14.1. The summed E-state index contributed by atoms with van der Waals surface area (Å²) in [6.45, 7) is 6.52. The number of hydrogen-bond acceptors (Lipinski definition) is 4. The monoisotopic (exact) mass is 346 g/mol. The summed E-state index contributed by atoms with van der Waals surface area (Å²) in [4.78, 5) is 27.5. The molecule has 2 amide bonds. The lowest BCUT2D eigenvalue weighted by Crippen LogP contribution is -2.37. The topological polar surface area (TPSA) is 76.0 Å². The highest BCUT2D eigenvalue weighted by Crippen LogP contribution is 2.24. The lowest BCUT2D eigenvalue weighted by Gasteiger charge is -2.12. The Bertz CT molecular complexity index is 727. The van der Waals surface area contributed by atoms with Crippen LogP contribution in [-0.4, -0.2) is 40.2 Å². The van der Waals surface area contributed by atoms with Gasteiger partial charge in [0.15, 0.2) is 5.16 Å². The predicted molar refractivity (Wildman–Crippen MR) is 95.5 cm³/mol. The molecule has 2 rings (SSSR count). The zero-order valence-corrected chi connectivity index (χ0v) is 14.9. The van der Waals surface area contributed by atoms with Gasteiger partial charge < -0.3 is 10.6 Å². The number of aromatic nitrogens is 2. The first-order chi connectivity index (χ1) is 11.5. The van der Waals surface area contributed by atoms with Crippen LogP contribution in [0, 0.1) is 13.8 Å². The van der Waals surface area contributed by atoms with Gasteiger partial charge in [-0.05, 0) is 38.0 Å². The van der Waals surface area contributed by atoms with Gasteiger partial charge in [0, 0.05) is 18.9 Å². The maximum atomic E-state index is 11.9. The lowest BCUT2D eigenvalue weighted by molar-refractivity contribution is -0.124. The molecule has 0 saturated carbocycles. The molecule has 0 atom stereocenters. The van der Waals surface area contributed by atoms with Crippen LogP contribution in [0.15, 0.2) is 35.7 Å². The SMILES string of the molecule is CCNC(=O)CNC(=O)CSc1nccn1-c1cccc(C)c1C. The Labute approximate surface area is 146 Å². The fraction of sp³-hybridized carbons (Fsp3) is 0.353. The number of nitrogens with one attached hydrogen (secondary N) is 2. The third-order valence-corrected chi connectivity index (χ3v) is 4.56. The van der Waals surface area contributed by atoms with Crippen LogP contribution in [-0.2, 0) is 9.59 Å². The number of thioether (sulfide) groups is 1. The van der Waals surface area contributed by atoms with Crippen molar-refractivity contribution >= 4 is 23.6 Å². The third kappa shape index (κ3) is 4.61. The summed E-state index contributed by atoms with van der Waals surface area (Å²) in [6, 6.07) is 6.10. The van der Waals surface area contributed by atoms with Crippen molar-refractivity contribution in [3.8, 4) is 5.69 Å². The second-order valence-electron chi connectivity index (χ2n) is 5.32. The maximum Gasteiger partial charge on any atom is 0.239 e. The van der Waals surface area contributed by atoms with Crippen LogP contribution in [0.4, 0.5) is 0 Å². The van der Waals surface area contributed by atoms with Gasteiger partial charge in [-0.25, -0.2) is 4.98 Å². The average molecular weight is 346 g/mol. The van der Waals surface area contributed by atoms with E-state index in [0.29, 0.717) is 6.54 Å². The van der Waals surface area contributed by atoms with Gasteiger partial charge in [-0.15, -0.1) is 0 Å². The number of imidazole rings is 1. The second kappa shape index (κ2) is 8.54. The average Bonchev–Trinajstić information content (AvgIpc) is 3.02. The Morgan fingerprint density at radius 1 is 1.21 bits per heavy atom.